The summed E-state index contributed by atoms with van der Waals surface area (Å²) < 4.78 is 0. The van der Waals surface area contributed by atoms with Crippen LogP contribution in [0.15, 0.2) is 30.6 Å². The molecule has 0 aliphatic carbocycles. The number of hydrogen-bond acceptors (Lipinski definition) is 8. The normalized spacial score (nSPS) is 11.6. The van der Waals surface area contributed by atoms with Crippen LogP contribution in [0.4, 0.5) is 5.69 Å². The molecule has 0 spiro atoms. The van der Waals surface area contributed by atoms with Crippen LogP contribution in [0.5, 0.6) is 0 Å². The minimum atomic E-state index is -0.252. The number of hydrogen-bond donors (Lipinski definition) is 5. The number of fused-ring (bicyclic) bond motifs is 1. The molecule has 1 aromatic carbocycles. The number of nitrogens with zero attached hydrogens (tertiary/aromatic N) is 4. The number of aromatic nitrogens is 5. The Morgan fingerprint density at radius 2 is 2.21 bits per heavy atom. The number of H-pyrrole nitrogens is 1. The first-order valence-corrected chi connectivity index (χ1v) is 9.16. The van der Waals surface area contributed by atoms with Crippen molar-refractivity contribution in [1.29, 1.82) is 5.41 Å². The van der Waals surface area contributed by atoms with E-state index < -0.39 is 0 Å². The maximum atomic E-state index is 12.8. The summed E-state index contributed by atoms with van der Waals surface area (Å²) in [5, 5.41) is 28.2. The molecule has 0 radical (unpaired) electrons. The quantitative estimate of drug-likeness (QED) is 0.363. The van der Waals surface area contributed by atoms with Crippen molar-refractivity contribution in [3.05, 3.63) is 47.5 Å². The molecule has 2 aromatic heterocycles. The van der Waals surface area contributed by atoms with Crippen LogP contribution in [0.1, 0.15) is 35.6 Å². The van der Waals surface area contributed by atoms with Crippen LogP contribution in [0.3, 0.4) is 0 Å². The molecule has 1 amide bonds. The Morgan fingerprint density at radius 3 is 2.86 bits per heavy atom. The number of allylic oxidation sites excluding steroid dienone is 1. The number of pyridine rings is 1. The summed E-state index contributed by atoms with van der Waals surface area (Å²) in [5.41, 5.74) is 8.84. The molecule has 150 valence electrons. The average Bonchev–Trinajstić information content (AvgIpc) is 3.22. The number of amides is 1. The van der Waals surface area contributed by atoms with Crippen LogP contribution in [0.25, 0.3) is 16.5 Å². The summed E-state index contributed by atoms with van der Waals surface area (Å²) >= 11 is 0. The Labute approximate surface area is 167 Å². The minimum Gasteiger partial charge on any atom is -0.404 e. The van der Waals surface area contributed by atoms with Crippen molar-refractivity contribution < 1.29 is 4.79 Å². The van der Waals surface area contributed by atoms with Gasteiger partial charge in [-0.1, -0.05) is 11.3 Å². The number of aromatic amines is 1. The van der Waals surface area contributed by atoms with Crippen LogP contribution in [-0.4, -0.2) is 50.3 Å². The molecule has 3 rings (SSSR count). The van der Waals surface area contributed by atoms with Gasteiger partial charge in [0.25, 0.3) is 5.91 Å². The molecule has 0 aliphatic rings. The summed E-state index contributed by atoms with van der Waals surface area (Å²) in [6.45, 7) is 4.36. The number of nitrogens with two attached hydrogens (primary N) is 1. The molecule has 6 N–H and O–H groups in total. The summed E-state index contributed by atoms with van der Waals surface area (Å²) in [6, 6.07) is 5.68. The summed E-state index contributed by atoms with van der Waals surface area (Å²) in [6.07, 6.45) is 4.60. The predicted molar refractivity (Wildman–Crippen MR) is 112 cm³/mol. The van der Waals surface area contributed by atoms with Crippen LogP contribution >= 0.6 is 0 Å². The van der Waals surface area contributed by atoms with Gasteiger partial charge in [0.2, 0.25) is 0 Å². The van der Waals surface area contributed by atoms with Crippen molar-refractivity contribution in [3.63, 3.8) is 0 Å². The summed E-state index contributed by atoms with van der Waals surface area (Å²) in [7, 11) is 0. The molecule has 0 saturated carbocycles. The van der Waals surface area contributed by atoms with Crippen LogP contribution in [-0.2, 0) is 6.42 Å². The fraction of sp³-hybridized carbons (Fsp3) is 0.263. The van der Waals surface area contributed by atoms with Gasteiger partial charge in [-0.25, -0.2) is 0 Å². The Morgan fingerprint density at radius 1 is 1.38 bits per heavy atom. The van der Waals surface area contributed by atoms with Crippen LogP contribution in [0.2, 0.25) is 0 Å². The van der Waals surface area contributed by atoms with Crippen molar-refractivity contribution in [1.82, 2.24) is 30.9 Å². The molecule has 3 aromatic rings. The molecular formula is C19H23N9O. The molecule has 0 aliphatic heterocycles. The van der Waals surface area contributed by atoms with Gasteiger partial charge in [-0.15, -0.1) is 10.2 Å². The fourth-order valence-electron chi connectivity index (χ4n) is 2.89. The highest BCUT2D eigenvalue weighted by atomic mass is 16.1. The minimum absolute atomic E-state index is 0.0994. The van der Waals surface area contributed by atoms with E-state index in [4.69, 9.17) is 11.1 Å². The molecule has 0 atom stereocenters. The number of anilines is 1. The summed E-state index contributed by atoms with van der Waals surface area (Å²) in [5.74, 6) is 0.276. The number of carbonyl (C=O) groups excluding carboxylic acids is 1. The lowest BCUT2D eigenvalue weighted by molar-refractivity contribution is 0.0954. The third kappa shape index (κ3) is 4.54. The van der Waals surface area contributed by atoms with Gasteiger partial charge in [-0.2, -0.15) is 5.21 Å². The van der Waals surface area contributed by atoms with Gasteiger partial charge in [-0.3, -0.25) is 9.78 Å². The van der Waals surface area contributed by atoms with E-state index in [2.05, 4.69) is 36.2 Å². The van der Waals surface area contributed by atoms with Gasteiger partial charge in [0, 0.05) is 48.6 Å². The second-order valence-electron chi connectivity index (χ2n) is 6.68. The van der Waals surface area contributed by atoms with Gasteiger partial charge in [0.05, 0.1) is 16.8 Å². The molecule has 10 nitrogen and oxygen atoms in total. The highest BCUT2D eigenvalue weighted by Gasteiger charge is 2.17. The third-order valence-corrected chi connectivity index (χ3v) is 4.24. The standard InChI is InChI=1S/C19H23N9O/c1-11(2)24-18-14-7-12(13(8-20)9-21)3-4-16(14)23-10-15(18)19(29)22-6-5-17-25-27-28-26-17/h3-4,7-11,20H,5-6,21H2,1-2H3,(H,22,29)(H,23,24)(H,25,26,27,28)/b13-9+,20-8?. The zero-order valence-corrected chi connectivity index (χ0v) is 16.2. The Hall–Kier alpha value is -3.82. The van der Waals surface area contributed by atoms with Crippen molar-refractivity contribution in [3.8, 4) is 0 Å². The summed E-state index contributed by atoms with van der Waals surface area (Å²) in [4.78, 5) is 17.3. The van der Waals surface area contributed by atoms with E-state index in [9.17, 15) is 4.79 Å². The van der Waals surface area contributed by atoms with Gasteiger partial charge in [0.15, 0.2) is 5.82 Å². The number of nitrogens with one attached hydrogen (secondary N) is 4. The first-order valence-electron chi connectivity index (χ1n) is 9.16. The molecule has 10 heteroatoms. The van der Waals surface area contributed by atoms with Crippen LogP contribution < -0.4 is 16.4 Å². The fourth-order valence-corrected chi connectivity index (χ4v) is 2.89. The van der Waals surface area contributed by atoms with Gasteiger partial charge >= 0.3 is 0 Å². The smallest absolute Gasteiger partial charge is 0.254 e. The Kier molecular flexibility index (Phi) is 6.12. The van der Waals surface area contributed by atoms with E-state index in [-0.39, 0.29) is 11.9 Å². The molecule has 0 saturated heterocycles. The number of carbonyl (C=O) groups is 1. The Balaban J connectivity index is 1.96. The molecule has 0 bridgehead atoms. The van der Waals surface area contributed by atoms with E-state index in [0.29, 0.717) is 35.6 Å². The zero-order chi connectivity index (χ0) is 20.8. The van der Waals surface area contributed by atoms with Crippen molar-refractivity contribution in [2.45, 2.75) is 26.3 Å². The van der Waals surface area contributed by atoms with Gasteiger partial charge in [0.1, 0.15) is 0 Å². The van der Waals surface area contributed by atoms with Crippen molar-refractivity contribution in [2.24, 2.45) is 5.73 Å². The maximum absolute atomic E-state index is 12.8. The lowest BCUT2D eigenvalue weighted by Crippen LogP contribution is -2.27. The van der Waals surface area contributed by atoms with Gasteiger partial charge in [-0.05, 0) is 31.5 Å². The first-order chi connectivity index (χ1) is 14.0. The Bertz CT molecular complexity index is 1040. The van der Waals surface area contributed by atoms with Crippen molar-refractivity contribution in [2.75, 3.05) is 11.9 Å². The number of rotatable bonds is 8. The highest BCUT2D eigenvalue weighted by molar-refractivity contribution is 6.11. The molecule has 0 fully saturated rings. The van der Waals surface area contributed by atoms with E-state index in [1.807, 2.05) is 32.0 Å². The first kappa shape index (κ1) is 19.9. The average molecular weight is 393 g/mol. The van der Waals surface area contributed by atoms with Crippen molar-refractivity contribution >= 4 is 34.3 Å². The molecule has 0 unspecified atom stereocenters. The molecule has 2 heterocycles. The van der Waals surface area contributed by atoms with Crippen LogP contribution in [0, 0.1) is 5.41 Å². The number of benzene rings is 1. The second kappa shape index (κ2) is 8.91. The lowest BCUT2D eigenvalue weighted by Gasteiger charge is -2.17. The third-order valence-electron chi connectivity index (χ3n) is 4.24. The highest BCUT2D eigenvalue weighted by Crippen LogP contribution is 2.29. The second-order valence-corrected chi connectivity index (χ2v) is 6.68. The SMILES string of the molecule is CC(C)Nc1c(C(=O)NCCc2nn[nH]n2)cnc2ccc(/C(C=N)=C/N)cc12. The van der Waals surface area contributed by atoms with Gasteiger partial charge < -0.3 is 21.8 Å². The van der Waals surface area contributed by atoms with E-state index in [0.717, 1.165) is 16.5 Å². The predicted octanol–water partition coefficient (Wildman–Crippen LogP) is 1.49. The van der Waals surface area contributed by atoms with E-state index in [1.54, 1.807) is 6.20 Å². The van der Waals surface area contributed by atoms with E-state index in [1.165, 1.54) is 12.4 Å². The lowest BCUT2D eigenvalue weighted by atomic mass is 10.0. The monoisotopic (exact) mass is 393 g/mol. The largest absolute Gasteiger partial charge is 0.404 e. The molecular weight excluding hydrogens is 370 g/mol. The topological polar surface area (TPSA) is 158 Å². The zero-order valence-electron chi connectivity index (χ0n) is 16.2. The van der Waals surface area contributed by atoms with E-state index >= 15 is 0 Å². The molecule has 29 heavy (non-hydrogen) atoms. The number of tetrazole rings is 1. The maximum Gasteiger partial charge on any atom is 0.254 e.